The molecule has 5 rings (SSSR count). The second kappa shape index (κ2) is 6.70. The van der Waals surface area contributed by atoms with Gasteiger partial charge in [-0.15, -0.1) is 0 Å². The molecule has 0 bridgehead atoms. The maximum atomic E-state index is 6.34. The number of fused-ring (bicyclic) bond motifs is 3. The average Bonchev–Trinajstić information content (AvgIpc) is 3.14. The lowest BCUT2D eigenvalue weighted by atomic mass is 9.96. The third-order valence-corrected chi connectivity index (χ3v) is 5.81. The average molecular weight is 440 g/mol. The molecular formula is C22H16BrClN2O. The molecule has 0 saturated carbocycles. The molecular weight excluding hydrogens is 424 g/mol. The Morgan fingerprint density at radius 3 is 2.48 bits per heavy atom. The van der Waals surface area contributed by atoms with Crippen LogP contribution < -0.4 is 4.74 Å². The zero-order chi connectivity index (χ0) is 18.4. The maximum Gasteiger partial charge on any atom is 0.213 e. The van der Waals surface area contributed by atoms with Crippen molar-refractivity contribution in [2.75, 3.05) is 0 Å². The Bertz CT molecular complexity index is 1020. The number of halogens is 2. The van der Waals surface area contributed by atoms with E-state index in [2.05, 4.69) is 57.3 Å². The van der Waals surface area contributed by atoms with Crippen LogP contribution in [-0.4, -0.2) is 10.7 Å². The SMILES string of the molecule is Clc1ccc([C@H]2Oc3ccccc3[C@H]3CC(c4ccc(Br)cc4)=NN32)cc1. The molecule has 5 heteroatoms. The minimum absolute atomic E-state index is 0.161. The van der Waals surface area contributed by atoms with E-state index in [0.717, 1.165) is 33.5 Å². The Morgan fingerprint density at radius 2 is 1.70 bits per heavy atom. The van der Waals surface area contributed by atoms with Gasteiger partial charge in [0, 0.05) is 27.0 Å². The minimum atomic E-state index is -0.268. The predicted molar refractivity (Wildman–Crippen MR) is 111 cm³/mol. The lowest BCUT2D eigenvalue weighted by Crippen LogP contribution is -2.33. The van der Waals surface area contributed by atoms with E-state index in [1.54, 1.807) is 0 Å². The quantitative estimate of drug-likeness (QED) is 0.465. The largest absolute Gasteiger partial charge is 0.464 e. The van der Waals surface area contributed by atoms with Crippen molar-refractivity contribution >= 4 is 33.2 Å². The third kappa shape index (κ3) is 3.03. The predicted octanol–water partition coefficient (Wildman–Crippen LogP) is 6.34. The highest BCUT2D eigenvalue weighted by Crippen LogP contribution is 2.47. The molecule has 3 aromatic carbocycles. The fourth-order valence-corrected chi connectivity index (χ4v) is 4.09. The van der Waals surface area contributed by atoms with Gasteiger partial charge in [-0.3, -0.25) is 0 Å². The number of hydrogen-bond donors (Lipinski definition) is 0. The molecule has 0 N–H and O–H groups in total. The van der Waals surface area contributed by atoms with Gasteiger partial charge in [0.2, 0.25) is 6.23 Å². The van der Waals surface area contributed by atoms with Gasteiger partial charge in [-0.25, -0.2) is 5.01 Å². The van der Waals surface area contributed by atoms with Crippen LogP contribution in [0.2, 0.25) is 5.02 Å². The van der Waals surface area contributed by atoms with Crippen molar-refractivity contribution < 1.29 is 4.74 Å². The molecule has 134 valence electrons. The van der Waals surface area contributed by atoms with Crippen LogP contribution in [0, 0.1) is 0 Å². The summed E-state index contributed by atoms with van der Waals surface area (Å²) in [5.74, 6) is 0.922. The molecule has 3 aromatic rings. The molecule has 0 radical (unpaired) electrons. The van der Waals surface area contributed by atoms with E-state index in [1.807, 2.05) is 36.4 Å². The van der Waals surface area contributed by atoms with Crippen molar-refractivity contribution in [3.8, 4) is 5.75 Å². The topological polar surface area (TPSA) is 24.8 Å². The zero-order valence-electron chi connectivity index (χ0n) is 14.3. The van der Waals surface area contributed by atoms with Crippen molar-refractivity contribution in [1.29, 1.82) is 0 Å². The van der Waals surface area contributed by atoms with Gasteiger partial charge in [-0.2, -0.15) is 5.10 Å². The van der Waals surface area contributed by atoms with Crippen LogP contribution in [0.1, 0.15) is 35.4 Å². The Kier molecular flexibility index (Phi) is 4.18. The van der Waals surface area contributed by atoms with Crippen molar-refractivity contribution in [3.05, 3.63) is 99.0 Å². The van der Waals surface area contributed by atoms with Crippen LogP contribution in [0.25, 0.3) is 0 Å². The van der Waals surface area contributed by atoms with Crippen LogP contribution in [0.15, 0.2) is 82.4 Å². The highest BCUT2D eigenvalue weighted by Gasteiger charge is 2.40. The van der Waals surface area contributed by atoms with Crippen LogP contribution >= 0.6 is 27.5 Å². The van der Waals surface area contributed by atoms with Crippen molar-refractivity contribution in [2.45, 2.75) is 18.7 Å². The second-order valence-electron chi connectivity index (χ2n) is 6.71. The summed E-state index contributed by atoms with van der Waals surface area (Å²) < 4.78 is 7.41. The molecule has 2 aliphatic heterocycles. The Balaban J connectivity index is 1.58. The van der Waals surface area contributed by atoms with E-state index >= 15 is 0 Å². The van der Waals surface area contributed by atoms with Gasteiger partial charge in [-0.1, -0.05) is 70.0 Å². The maximum absolute atomic E-state index is 6.34. The first-order valence-electron chi connectivity index (χ1n) is 8.82. The van der Waals surface area contributed by atoms with E-state index in [0.29, 0.717) is 5.02 Å². The van der Waals surface area contributed by atoms with E-state index in [9.17, 15) is 0 Å². The number of hydrazone groups is 1. The highest BCUT2D eigenvalue weighted by molar-refractivity contribution is 9.10. The number of nitrogens with zero attached hydrogens (tertiary/aromatic N) is 2. The Hall–Kier alpha value is -2.30. The summed E-state index contributed by atoms with van der Waals surface area (Å²) in [5, 5.41) is 7.77. The van der Waals surface area contributed by atoms with E-state index in [1.165, 1.54) is 5.56 Å². The fourth-order valence-electron chi connectivity index (χ4n) is 3.70. The summed E-state index contributed by atoms with van der Waals surface area (Å²) in [6.07, 6.45) is 0.585. The fraction of sp³-hybridized carbons (Fsp3) is 0.136. The smallest absolute Gasteiger partial charge is 0.213 e. The molecule has 3 nitrogen and oxygen atoms in total. The van der Waals surface area contributed by atoms with Gasteiger partial charge in [0.25, 0.3) is 0 Å². The van der Waals surface area contributed by atoms with Crippen molar-refractivity contribution in [3.63, 3.8) is 0 Å². The Morgan fingerprint density at radius 1 is 0.963 bits per heavy atom. The lowest BCUT2D eigenvalue weighted by molar-refractivity contribution is -0.0190. The van der Waals surface area contributed by atoms with E-state index in [4.69, 9.17) is 21.4 Å². The zero-order valence-corrected chi connectivity index (χ0v) is 16.7. The van der Waals surface area contributed by atoms with Crippen LogP contribution in [0.3, 0.4) is 0 Å². The summed E-state index contributed by atoms with van der Waals surface area (Å²) in [6.45, 7) is 0. The summed E-state index contributed by atoms with van der Waals surface area (Å²) in [7, 11) is 0. The molecule has 2 atom stereocenters. The second-order valence-corrected chi connectivity index (χ2v) is 8.07. The summed E-state index contributed by atoms with van der Waals surface area (Å²) in [5.41, 5.74) is 4.44. The van der Waals surface area contributed by atoms with Gasteiger partial charge in [0.05, 0.1) is 11.8 Å². The van der Waals surface area contributed by atoms with E-state index < -0.39 is 0 Å². The highest BCUT2D eigenvalue weighted by atomic mass is 79.9. The standard InChI is InChI=1S/C22H16BrClN2O/c23-16-9-5-14(6-10-16)19-13-20-18-3-1-2-4-21(18)27-22(26(20)25-19)15-7-11-17(24)12-8-15/h1-12,20,22H,13H2/t20-,22-/m1/s1. The molecule has 0 aromatic heterocycles. The number of rotatable bonds is 2. The number of para-hydroxylation sites is 1. The van der Waals surface area contributed by atoms with Crippen LogP contribution in [0.4, 0.5) is 0 Å². The minimum Gasteiger partial charge on any atom is -0.464 e. The van der Waals surface area contributed by atoms with Gasteiger partial charge >= 0.3 is 0 Å². The third-order valence-electron chi connectivity index (χ3n) is 5.03. The normalized spacial score (nSPS) is 20.5. The van der Waals surface area contributed by atoms with Gasteiger partial charge in [-0.05, 0) is 35.9 Å². The monoisotopic (exact) mass is 438 g/mol. The molecule has 0 aliphatic carbocycles. The lowest BCUT2D eigenvalue weighted by Gasteiger charge is -2.38. The van der Waals surface area contributed by atoms with Gasteiger partial charge in [0.1, 0.15) is 5.75 Å². The first-order chi connectivity index (χ1) is 13.2. The van der Waals surface area contributed by atoms with Crippen LogP contribution in [-0.2, 0) is 0 Å². The van der Waals surface area contributed by atoms with Gasteiger partial charge < -0.3 is 4.74 Å². The first-order valence-corrected chi connectivity index (χ1v) is 9.99. The summed E-state index contributed by atoms with van der Waals surface area (Å²) in [4.78, 5) is 0. The van der Waals surface area contributed by atoms with Crippen molar-refractivity contribution in [1.82, 2.24) is 5.01 Å². The number of benzene rings is 3. The molecule has 2 heterocycles. The molecule has 0 amide bonds. The van der Waals surface area contributed by atoms with Crippen LogP contribution in [0.5, 0.6) is 5.75 Å². The van der Waals surface area contributed by atoms with E-state index in [-0.39, 0.29) is 12.3 Å². The summed E-state index contributed by atoms with van der Waals surface area (Å²) >= 11 is 9.57. The molecule has 0 saturated heterocycles. The first kappa shape index (κ1) is 16.8. The Labute approximate surface area is 171 Å². The van der Waals surface area contributed by atoms with Gasteiger partial charge in [0.15, 0.2) is 0 Å². The number of hydrogen-bond acceptors (Lipinski definition) is 3. The molecule has 0 unspecified atom stereocenters. The van der Waals surface area contributed by atoms with Crippen molar-refractivity contribution in [2.24, 2.45) is 5.10 Å². The number of ether oxygens (including phenoxy) is 1. The summed E-state index contributed by atoms with van der Waals surface area (Å²) in [6, 6.07) is 24.5. The molecule has 0 spiro atoms. The molecule has 0 fully saturated rings. The molecule has 27 heavy (non-hydrogen) atoms. The molecule has 2 aliphatic rings.